The second-order valence-electron chi connectivity index (χ2n) is 3.50. The SMILES string of the molecule is Cc1cc(F)c(C(=O)CN)cc1S(C)(=O)=O. The predicted octanol–water partition coefficient (Wildman–Crippen LogP) is 0.679. The topological polar surface area (TPSA) is 77.2 Å². The van der Waals surface area contributed by atoms with Crippen molar-refractivity contribution in [1.29, 1.82) is 0 Å². The smallest absolute Gasteiger partial charge is 0.179 e. The zero-order valence-corrected chi connectivity index (χ0v) is 9.77. The Kier molecular flexibility index (Phi) is 3.44. The average Bonchev–Trinajstić information content (AvgIpc) is 2.14. The molecule has 1 aromatic carbocycles. The molecule has 88 valence electrons. The number of carbonyl (C=O) groups excluding carboxylic acids is 1. The van der Waals surface area contributed by atoms with Gasteiger partial charge in [-0.05, 0) is 24.6 Å². The number of sulfone groups is 1. The van der Waals surface area contributed by atoms with Crippen LogP contribution in [-0.2, 0) is 9.84 Å². The number of Topliss-reactive ketones (excluding diaryl/α,β-unsaturated/α-hetero) is 1. The summed E-state index contributed by atoms with van der Waals surface area (Å²) in [6, 6.07) is 2.06. The average molecular weight is 245 g/mol. The van der Waals surface area contributed by atoms with Gasteiger partial charge in [0, 0.05) is 6.26 Å². The minimum Gasteiger partial charge on any atom is -0.324 e. The van der Waals surface area contributed by atoms with Gasteiger partial charge in [-0.1, -0.05) is 0 Å². The van der Waals surface area contributed by atoms with E-state index in [-0.39, 0.29) is 22.6 Å². The van der Waals surface area contributed by atoms with Crippen molar-refractivity contribution in [1.82, 2.24) is 0 Å². The van der Waals surface area contributed by atoms with Crippen molar-refractivity contribution in [3.8, 4) is 0 Å². The molecule has 1 aromatic rings. The fourth-order valence-corrected chi connectivity index (χ4v) is 2.35. The summed E-state index contributed by atoms with van der Waals surface area (Å²) in [4.78, 5) is 11.2. The van der Waals surface area contributed by atoms with Gasteiger partial charge in [-0.3, -0.25) is 4.79 Å². The van der Waals surface area contributed by atoms with Crippen LogP contribution >= 0.6 is 0 Å². The molecule has 0 amide bonds. The molecule has 0 saturated carbocycles. The minimum absolute atomic E-state index is 0.0503. The van der Waals surface area contributed by atoms with E-state index in [1.165, 1.54) is 6.92 Å². The summed E-state index contributed by atoms with van der Waals surface area (Å²) in [7, 11) is -3.47. The van der Waals surface area contributed by atoms with Crippen LogP contribution in [-0.4, -0.2) is 27.0 Å². The van der Waals surface area contributed by atoms with Crippen LogP contribution in [0.3, 0.4) is 0 Å². The van der Waals surface area contributed by atoms with Crippen LogP contribution in [0.1, 0.15) is 15.9 Å². The first-order valence-electron chi connectivity index (χ1n) is 4.51. The van der Waals surface area contributed by atoms with E-state index in [0.29, 0.717) is 0 Å². The molecular weight excluding hydrogens is 233 g/mol. The van der Waals surface area contributed by atoms with Crippen molar-refractivity contribution in [3.63, 3.8) is 0 Å². The zero-order chi connectivity index (χ0) is 12.5. The van der Waals surface area contributed by atoms with Crippen molar-refractivity contribution >= 4 is 15.6 Å². The Hall–Kier alpha value is -1.27. The number of ketones is 1. The lowest BCUT2D eigenvalue weighted by Crippen LogP contribution is -2.16. The number of benzene rings is 1. The van der Waals surface area contributed by atoms with E-state index < -0.39 is 21.4 Å². The monoisotopic (exact) mass is 245 g/mol. The standard InChI is InChI=1S/C10H12FNO3S/c1-6-3-8(11)7(9(13)5-12)4-10(6)16(2,14)15/h3-4H,5,12H2,1-2H3. The Balaban J connectivity index is 3.51. The number of nitrogens with two attached hydrogens (primary N) is 1. The number of hydrogen-bond acceptors (Lipinski definition) is 4. The van der Waals surface area contributed by atoms with Crippen LogP contribution in [0.4, 0.5) is 4.39 Å². The largest absolute Gasteiger partial charge is 0.324 e. The first-order valence-corrected chi connectivity index (χ1v) is 6.40. The molecule has 4 nitrogen and oxygen atoms in total. The van der Waals surface area contributed by atoms with E-state index in [1.807, 2.05) is 0 Å². The summed E-state index contributed by atoms with van der Waals surface area (Å²) in [6.07, 6.45) is 1.00. The summed E-state index contributed by atoms with van der Waals surface area (Å²) in [6.45, 7) is 1.11. The summed E-state index contributed by atoms with van der Waals surface area (Å²) < 4.78 is 36.1. The van der Waals surface area contributed by atoms with Crippen LogP contribution < -0.4 is 5.73 Å². The van der Waals surface area contributed by atoms with Gasteiger partial charge >= 0.3 is 0 Å². The highest BCUT2D eigenvalue weighted by Gasteiger charge is 2.18. The van der Waals surface area contributed by atoms with Gasteiger partial charge in [-0.2, -0.15) is 0 Å². The summed E-state index contributed by atoms with van der Waals surface area (Å²) in [5.41, 5.74) is 5.09. The molecule has 0 aliphatic heterocycles. The predicted molar refractivity (Wildman–Crippen MR) is 57.6 cm³/mol. The molecule has 0 radical (unpaired) electrons. The van der Waals surface area contributed by atoms with E-state index in [4.69, 9.17) is 5.73 Å². The van der Waals surface area contributed by atoms with Gasteiger partial charge in [0.05, 0.1) is 17.0 Å². The molecule has 0 fully saturated rings. The van der Waals surface area contributed by atoms with E-state index in [0.717, 1.165) is 18.4 Å². The maximum Gasteiger partial charge on any atom is 0.179 e. The van der Waals surface area contributed by atoms with Crippen molar-refractivity contribution in [3.05, 3.63) is 29.1 Å². The lowest BCUT2D eigenvalue weighted by molar-refractivity contribution is 0.0997. The van der Waals surface area contributed by atoms with Crippen molar-refractivity contribution in [2.45, 2.75) is 11.8 Å². The summed E-state index contributed by atoms with van der Waals surface area (Å²) >= 11 is 0. The quantitative estimate of drug-likeness (QED) is 0.627. The Morgan fingerprint density at radius 2 is 2.00 bits per heavy atom. The van der Waals surface area contributed by atoms with Gasteiger partial charge in [0.15, 0.2) is 15.6 Å². The van der Waals surface area contributed by atoms with Crippen LogP contribution in [0.5, 0.6) is 0 Å². The molecule has 0 saturated heterocycles. The van der Waals surface area contributed by atoms with Gasteiger partial charge < -0.3 is 5.73 Å². The molecule has 6 heteroatoms. The van der Waals surface area contributed by atoms with Crippen LogP contribution in [0.25, 0.3) is 0 Å². The maximum atomic E-state index is 13.4. The van der Waals surface area contributed by atoms with Crippen LogP contribution in [0.2, 0.25) is 0 Å². The van der Waals surface area contributed by atoms with Crippen molar-refractivity contribution in [2.75, 3.05) is 12.8 Å². The van der Waals surface area contributed by atoms with Crippen LogP contribution in [0.15, 0.2) is 17.0 Å². The first kappa shape index (κ1) is 12.8. The molecule has 0 aliphatic rings. The second-order valence-corrected chi connectivity index (χ2v) is 5.48. The normalized spacial score (nSPS) is 11.5. The molecule has 1 rings (SSSR count). The van der Waals surface area contributed by atoms with E-state index in [2.05, 4.69) is 0 Å². The fourth-order valence-electron chi connectivity index (χ4n) is 1.38. The van der Waals surface area contributed by atoms with E-state index in [1.54, 1.807) is 0 Å². The molecule has 0 spiro atoms. The fraction of sp³-hybridized carbons (Fsp3) is 0.300. The molecule has 16 heavy (non-hydrogen) atoms. The number of halogens is 1. The number of carbonyl (C=O) groups is 1. The second kappa shape index (κ2) is 4.31. The summed E-state index contributed by atoms with van der Waals surface area (Å²) in [5, 5.41) is 0. The van der Waals surface area contributed by atoms with Gasteiger partial charge in [-0.25, -0.2) is 12.8 Å². The van der Waals surface area contributed by atoms with Gasteiger partial charge in [-0.15, -0.1) is 0 Å². The molecule has 0 aliphatic carbocycles. The van der Waals surface area contributed by atoms with Crippen molar-refractivity contribution < 1.29 is 17.6 Å². The number of aryl methyl sites for hydroxylation is 1. The third kappa shape index (κ3) is 2.45. The lowest BCUT2D eigenvalue weighted by atomic mass is 10.1. The summed E-state index contributed by atoms with van der Waals surface area (Å²) in [5.74, 6) is -1.37. The minimum atomic E-state index is -3.47. The number of hydrogen-bond donors (Lipinski definition) is 1. The maximum absolute atomic E-state index is 13.4. The third-order valence-electron chi connectivity index (χ3n) is 2.15. The molecule has 0 aromatic heterocycles. The zero-order valence-electron chi connectivity index (χ0n) is 8.95. The molecule has 0 bridgehead atoms. The Bertz CT molecular complexity index is 537. The molecule has 0 heterocycles. The first-order chi connectivity index (χ1) is 7.27. The highest BCUT2D eigenvalue weighted by Crippen LogP contribution is 2.20. The van der Waals surface area contributed by atoms with E-state index in [9.17, 15) is 17.6 Å². The Labute approximate surface area is 93.2 Å². The van der Waals surface area contributed by atoms with Crippen LogP contribution in [0, 0.1) is 12.7 Å². The van der Waals surface area contributed by atoms with Gasteiger partial charge in [0.1, 0.15) is 5.82 Å². The van der Waals surface area contributed by atoms with Gasteiger partial charge in [0.25, 0.3) is 0 Å². The van der Waals surface area contributed by atoms with E-state index >= 15 is 0 Å². The molecule has 0 unspecified atom stereocenters. The lowest BCUT2D eigenvalue weighted by Gasteiger charge is -2.07. The number of rotatable bonds is 3. The molecule has 0 atom stereocenters. The van der Waals surface area contributed by atoms with Crippen molar-refractivity contribution in [2.24, 2.45) is 5.73 Å². The van der Waals surface area contributed by atoms with Gasteiger partial charge in [0.2, 0.25) is 0 Å². The third-order valence-corrected chi connectivity index (χ3v) is 3.39. The highest BCUT2D eigenvalue weighted by atomic mass is 32.2. The Morgan fingerprint density at radius 3 is 2.44 bits per heavy atom. The Morgan fingerprint density at radius 1 is 1.44 bits per heavy atom. The highest BCUT2D eigenvalue weighted by molar-refractivity contribution is 7.90. The molecule has 2 N–H and O–H groups in total. The molecular formula is C10H12FNO3S.